The summed E-state index contributed by atoms with van der Waals surface area (Å²) >= 11 is 0. The first-order chi connectivity index (χ1) is 6.99. The Labute approximate surface area is 92.5 Å². The third kappa shape index (κ3) is 2.85. The van der Waals surface area contributed by atoms with Crippen molar-refractivity contribution >= 4 is 19.7 Å². The van der Waals surface area contributed by atoms with Crippen LogP contribution in [0.25, 0.3) is 0 Å². The van der Waals surface area contributed by atoms with Gasteiger partial charge in [-0.3, -0.25) is 0 Å². The summed E-state index contributed by atoms with van der Waals surface area (Å²) in [4.78, 5) is -0.120. The van der Waals surface area contributed by atoms with Crippen LogP contribution in [-0.4, -0.2) is 15.0 Å². The lowest BCUT2D eigenvalue weighted by molar-refractivity contribution is 0.331. The molecule has 80 valence electrons. The summed E-state index contributed by atoms with van der Waals surface area (Å²) in [5.74, 6) is 0.103. The topological polar surface area (TPSA) is 67.2 Å². The molecule has 0 bridgehead atoms. The highest BCUT2D eigenvalue weighted by atomic mass is 35.7. The SMILES string of the molecule is CCOc1cc(C#N)ccc1S(=O)(=O)Cl. The Balaban J connectivity index is 3.35. The fourth-order valence-electron chi connectivity index (χ4n) is 1.05. The number of hydrogen-bond donors (Lipinski definition) is 0. The second-order valence-electron chi connectivity index (χ2n) is 2.64. The maximum atomic E-state index is 11.1. The second kappa shape index (κ2) is 4.51. The molecule has 0 amide bonds. The molecule has 15 heavy (non-hydrogen) atoms. The van der Waals surface area contributed by atoms with Crippen molar-refractivity contribution in [1.82, 2.24) is 0 Å². The molecule has 1 aromatic rings. The second-order valence-corrected chi connectivity index (χ2v) is 5.18. The third-order valence-electron chi connectivity index (χ3n) is 1.64. The standard InChI is InChI=1S/C9H8ClNO3S/c1-2-14-8-5-7(6-11)3-4-9(8)15(10,12)13/h3-5H,2H2,1H3. The van der Waals surface area contributed by atoms with Gasteiger partial charge >= 0.3 is 0 Å². The summed E-state index contributed by atoms with van der Waals surface area (Å²) < 4.78 is 27.4. The smallest absolute Gasteiger partial charge is 0.264 e. The van der Waals surface area contributed by atoms with Crippen molar-refractivity contribution in [1.29, 1.82) is 5.26 Å². The largest absolute Gasteiger partial charge is 0.492 e. The van der Waals surface area contributed by atoms with Crippen molar-refractivity contribution in [3.05, 3.63) is 23.8 Å². The van der Waals surface area contributed by atoms with Crippen LogP contribution in [0.5, 0.6) is 5.75 Å². The molecule has 0 aliphatic carbocycles. The summed E-state index contributed by atoms with van der Waals surface area (Å²) in [5, 5.41) is 8.64. The Morgan fingerprint density at radius 1 is 1.53 bits per heavy atom. The van der Waals surface area contributed by atoms with Crippen LogP contribution in [0, 0.1) is 11.3 Å². The number of benzene rings is 1. The van der Waals surface area contributed by atoms with Crippen molar-refractivity contribution in [3.63, 3.8) is 0 Å². The maximum Gasteiger partial charge on any atom is 0.264 e. The number of rotatable bonds is 3. The molecular formula is C9H8ClNO3S. The van der Waals surface area contributed by atoms with E-state index in [9.17, 15) is 8.42 Å². The monoisotopic (exact) mass is 245 g/mol. The average Bonchev–Trinajstić information content (AvgIpc) is 2.16. The summed E-state index contributed by atoms with van der Waals surface area (Å²) in [6.45, 7) is 2.01. The predicted octanol–water partition coefficient (Wildman–Crippen LogP) is 1.88. The molecular weight excluding hydrogens is 238 g/mol. The third-order valence-corrected chi connectivity index (χ3v) is 3.00. The van der Waals surface area contributed by atoms with Crippen LogP contribution < -0.4 is 4.74 Å². The van der Waals surface area contributed by atoms with Gasteiger partial charge in [0, 0.05) is 10.7 Å². The van der Waals surface area contributed by atoms with E-state index in [1.807, 2.05) is 6.07 Å². The number of ether oxygens (including phenoxy) is 1. The number of halogens is 1. The zero-order valence-corrected chi connectivity index (χ0v) is 9.47. The van der Waals surface area contributed by atoms with E-state index < -0.39 is 9.05 Å². The molecule has 0 aliphatic heterocycles. The van der Waals surface area contributed by atoms with Gasteiger partial charge in [-0.1, -0.05) is 0 Å². The molecule has 4 nitrogen and oxygen atoms in total. The van der Waals surface area contributed by atoms with Gasteiger partial charge < -0.3 is 4.74 Å². The summed E-state index contributed by atoms with van der Waals surface area (Å²) in [7, 11) is 1.36. The molecule has 0 unspecified atom stereocenters. The Kier molecular flexibility index (Phi) is 3.56. The Bertz CT molecular complexity index is 505. The van der Waals surface area contributed by atoms with Crippen LogP contribution in [0.3, 0.4) is 0 Å². The van der Waals surface area contributed by atoms with Gasteiger partial charge in [0.1, 0.15) is 10.6 Å². The first-order valence-electron chi connectivity index (χ1n) is 4.10. The number of nitrogens with zero attached hydrogens (tertiary/aromatic N) is 1. The molecule has 0 aliphatic rings. The lowest BCUT2D eigenvalue weighted by Gasteiger charge is -2.07. The van der Waals surface area contributed by atoms with E-state index in [-0.39, 0.29) is 10.6 Å². The van der Waals surface area contributed by atoms with Crippen LogP contribution >= 0.6 is 10.7 Å². The fourth-order valence-corrected chi connectivity index (χ4v) is 2.02. The highest BCUT2D eigenvalue weighted by Gasteiger charge is 2.17. The van der Waals surface area contributed by atoms with Crippen LogP contribution in [0.15, 0.2) is 23.1 Å². The Morgan fingerprint density at radius 3 is 2.67 bits per heavy atom. The van der Waals surface area contributed by atoms with Crippen LogP contribution in [0.4, 0.5) is 0 Å². The zero-order valence-electron chi connectivity index (χ0n) is 7.90. The van der Waals surface area contributed by atoms with Crippen molar-refractivity contribution in [3.8, 4) is 11.8 Å². The molecule has 0 spiro atoms. The van der Waals surface area contributed by atoms with E-state index in [0.717, 1.165) is 0 Å². The van der Waals surface area contributed by atoms with Crippen molar-refractivity contribution in [2.45, 2.75) is 11.8 Å². The molecule has 0 atom stereocenters. The first kappa shape index (κ1) is 11.8. The van der Waals surface area contributed by atoms with Gasteiger partial charge in [0.05, 0.1) is 18.2 Å². The van der Waals surface area contributed by atoms with Crippen molar-refractivity contribution in [2.75, 3.05) is 6.61 Å². The zero-order chi connectivity index (χ0) is 11.5. The summed E-state index contributed by atoms with van der Waals surface area (Å²) in [6.07, 6.45) is 0. The molecule has 1 rings (SSSR count). The molecule has 1 aromatic carbocycles. The Morgan fingerprint density at radius 2 is 2.20 bits per heavy atom. The van der Waals surface area contributed by atoms with Crippen molar-refractivity contribution in [2.24, 2.45) is 0 Å². The number of hydrogen-bond acceptors (Lipinski definition) is 4. The van der Waals surface area contributed by atoms with E-state index in [1.54, 1.807) is 6.92 Å². The molecule has 0 N–H and O–H groups in total. The Hall–Kier alpha value is -1.25. The van der Waals surface area contributed by atoms with Crippen LogP contribution in [-0.2, 0) is 9.05 Å². The maximum absolute atomic E-state index is 11.1. The molecule has 0 saturated heterocycles. The van der Waals surface area contributed by atoms with Gasteiger partial charge in [-0.15, -0.1) is 0 Å². The van der Waals surface area contributed by atoms with Crippen LogP contribution in [0.2, 0.25) is 0 Å². The van der Waals surface area contributed by atoms with Crippen molar-refractivity contribution < 1.29 is 13.2 Å². The van der Waals surface area contributed by atoms with Gasteiger partial charge in [-0.05, 0) is 25.1 Å². The van der Waals surface area contributed by atoms with Gasteiger partial charge in [0.25, 0.3) is 9.05 Å². The van der Waals surface area contributed by atoms with E-state index in [4.69, 9.17) is 20.7 Å². The van der Waals surface area contributed by atoms with E-state index in [2.05, 4.69) is 0 Å². The van der Waals surface area contributed by atoms with E-state index >= 15 is 0 Å². The first-order valence-corrected chi connectivity index (χ1v) is 6.41. The average molecular weight is 246 g/mol. The van der Waals surface area contributed by atoms with E-state index in [1.165, 1.54) is 18.2 Å². The predicted molar refractivity (Wildman–Crippen MR) is 55.4 cm³/mol. The minimum atomic E-state index is -3.84. The normalized spacial score (nSPS) is 10.7. The minimum absolute atomic E-state index is 0.103. The quantitative estimate of drug-likeness (QED) is 0.763. The van der Waals surface area contributed by atoms with Gasteiger partial charge in [0.15, 0.2) is 0 Å². The van der Waals surface area contributed by atoms with Gasteiger partial charge in [0.2, 0.25) is 0 Å². The fraction of sp³-hybridized carbons (Fsp3) is 0.222. The van der Waals surface area contributed by atoms with E-state index in [0.29, 0.717) is 12.2 Å². The lowest BCUT2D eigenvalue weighted by atomic mass is 10.2. The van der Waals surface area contributed by atoms with Gasteiger partial charge in [-0.25, -0.2) is 8.42 Å². The van der Waals surface area contributed by atoms with Crippen LogP contribution in [0.1, 0.15) is 12.5 Å². The molecule has 0 radical (unpaired) electrons. The number of nitriles is 1. The summed E-state index contributed by atoms with van der Waals surface area (Å²) in [6, 6.07) is 5.86. The van der Waals surface area contributed by atoms with Gasteiger partial charge in [-0.2, -0.15) is 5.26 Å². The highest BCUT2D eigenvalue weighted by Crippen LogP contribution is 2.27. The molecule has 0 saturated carbocycles. The highest BCUT2D eigenvalue weighted by molar-refractivity contribution is 8.13. The molecule has 0 heterocycles. The molecule has 0 aromatic heterocycles. The lowest BCUT2D eigenvalue weighted by Crippen LogP contribution is -1.99. The minimum Gasteiger partial charge on any atom is -0.492 e. The summed E-state index contributed by atoms with van der Waals surface area (Å²) in [5.41, 5.74) is 0.322. The molecule has 6 heteroatoms. The molecule has 0 fully saturated rings.